The van der Waals surface area contributed by atoms with Gasteiger partial charge in [-0.2, -0.15) is 0 Å². The Morgan fingerprint density at radius 2 is 2.12 bits per heavy atom. The lowest BCUT2D eigenvalue weighted by Crippen LogP contribution is -2.32. The second-order valence-electron chi connectivity index (χ2n) is 3.52. The molecule has 0 aromatic heterocycles. The van der Waals surface area contributed by atoms with Crippen LogP contribution in [0, 0.1) is 0 Å². The van der Waals surface area contributed by atoms with E-state index in [1.165, 1.54) is 16.7 Å². The van der Waals surface area contributed by atoms with Gasteiger partial charge in [0, 0.05) is 17.2 Å². The lowest BCUT2D eigenvalue weighted by Gasteiger charge is -2.11. The van der Waals surface area contributed by atoms with Gasteiger partial charge in [0.1, 0.15) is 5.75 Å². The van der Waals surface area contributed by atoms with Crippen molar-refractivity contribution in [1.29, 1.82) is 0 Å². The summed E-state index contributed by atoms with van der Waals surface area (Å²) in [4.78, 5) is 24.4. The Balaban J connectivity index is 1.86. The van der Waals surface area contributed by atoms with E-state index in [0.29, 0.717) is 12.3 Å². The van der Waals surface area contributed by atoms with Crippen molar-refractivity contribution in [2.45, 2.75) is 4.90 Å². The van der Waals surface area contributed by atoms with Crippen molar-refractivity contribution < 1.29 is 14.7 Å². The first-order chi connectivity index (χ1) is 8.18. The Bertz CT molecular complexity index is 434. The molecule has 0 saturated carbocycles. The third-order valence-corrected chi connectivity index (χ3v) is 3.42. The van der Waals surface area contributed by atoms with Crippen LogP contribution in [0.4, 0.5) is 4.79 Å². The second-order valence-corrected chi connectivity index (χ2v) is 4.66. The highest BCUT2D eigenvalue weighted by Crippen LogP contribution is 2.27. The van der Waals surface area contributed by atoms with Crippen molar-refractivity contribution in [3.05, 3.63) is 24.3 Å². The van der Waals surface area contributed by atoms with Crippen LogP contribution in [0.25, 0.3) is 0 Å². The monoisotopic (exact) mass is 252 g/mol. The zero-order chi connectivity index (χ0) is 12.3. The largest absolute Gasteiger partial charge is 0.507 e. The minimum atomic E-state index is -0.340. The standard InChI is InChI=1S/C11H12N2O3S/c14-8-3-1-2-4-9(8)17-6-5-13-10(15)7-12-11(13)16/h1-4,14H,5-7H2,(H,12,16). The molecule has 6 heteroatoms. The molecule has 2 rings (SSSR count). The molecule has 0 radical (unpaired) electrons. The summed E-state index contributed by atoms with van der Waals surface area (Å²) in [6, 6.07) is 6.64. The predicted molar refractivity (Wildman–Crippen MR) is 63.9 cm³/mol. The Kier molecular flexibility index (Phi) is 3.53. The van der Waals surface area contributed by atoms with Crippen molar-refractivity contribution in [2.75, 3.05) is 18.8 Å². The number of carbonyl (C=O) groups excluding carboxylic acids is 2. The van der Waals surface area contributed by atoms with Gasteiger partial charge in [-0.1, -0.05) is 12.1 Å². The molecule has 0 spiro atoms. The number of phenolic OH excluding ortho intramolecular Hbond substituents is 1. The summed E-state index contributed by atoms with van der Waals surface area (Å²) in [5, 5.41) is 12.0. The average Bonchev–Trinajstić information content (AvgIpc) is 2.63. The number of nitrogens with zero attached hydrogens (tertiary/aromatic N) is 1. The van der Waals surface area contributed by atoms with Crippen molar-refractivity contribution >= 4 is 23.7 Å². The highest BCUT2D eigenvalue weighted by Gasteiger charge is 2.27. The lowest BCUT2D eigenvalue weighted by molar-refractivity contribution is -0.124. The summed E-state index contributed by atoms with van der Waals surface area (Å²) < 4.78 is 0. The number of hydrogen-bond donors (Lipinski definition) is 2. The summed E-state index contributed by atoms with van der Waals surface area (Å²) in [7, 11) is 0. The molecule has 17 heavy (non-hydrogen) atoms. The van der Waals surface area contributed by atoms with Gasteiger partial charge in [0.05, 0.1) is 6.54 Å². The van der Waals surface area contributed by atoms with E-state index in [4.69, 9.17) is 0 Å². The molecule has 1 fully saturated rings. The number of phenols is 1. The molecule has 1 aromatic carbocycles. The summed E-state index contributed by atoms with van der Waals surface area (Å²) in [5.74, 6) is 0.582. The van der Waals surface area contributed by atoms with Crippen LogP contribution in [0.5, 0.6) is 5.75 Å². The minimum absolute atomic E-state index is 0.0834. The van der Waals surface area contributed by atoms with E-state index in [9.17, 15) is 14.7 Å². The minimum Gasteiger partial charge on any atom is -0.507 e. The highest BCUT2D eigenvalue weighted by atomic mass is 32.2. The Morgan fingerprint density at radius 1 is 1.35 bits per heavy atom. The number of para-hydroxylation sites is 1. The molecule has 90 valence electrons. The molecule has 0 unspecified atom stereocenters. The number of thioether (sulfide) groups is 1. The van der Waals surface area contributed by atoms with Gasteiger partial charge in [-0.3, -0.25) is 9.69 Å². The van der Waals surface area contributed by atoms with Crippen molar-refractivity contribution in [1.82, 2.24) is 10.2 Å². The van der Waals surface area contributed by atoms with E-state index in [-0.39, 0.29) is 24.2 Å². The third-order valence-electron chi connectivity index (χ3n) is 2.37. The fourth-order valence-electron chi connectivity index (χ4n) is 1.51. The first-order valence-corrected chi connectivity index (χ1v) is 6.16. The van der Waals surface area contributed by atoms with Gasteiger partial charge in [0.15, 0.2) is 0 Å². The number of amides is 3. The van der Waals surface area contributed by atoms with Gasteiger partial charge in [-0.25, -0.2) is 4.79 Å². The number of rotatable bonds is 4. The van der Waals surface area contributed by atoms with Crippen LogP contribution in [0.1, 0.15) is 0 Å². The Hall–Kier alpha value is -1.69. The molecule has 0 atom stereocenters. The number of imide groups is 1. The number of carbonyl (C=O) groups is 2. The number of benzene rings is 1. The zero-order valence-electron chi connectivity index (χ0n) is 9.05. The number of urea groups is 1. The van der Waals surface area contributed by atoms with Crippen LogP contribution >= 0.6 is 11.8 Å². The van der Waals surface area contributed by atoms with Crippen LogP contribution in [0.3, 0.4) is 0 Å². The van der Waals surface area contributed by atoms with Crippen molar-refractivity contribution in [3.63, 3.8) is 0 Å². The maximum atomic E-state index is 11.3. The molecular weight excluding hydrogens is 240 g/mol. The molecule has 0 aliphatic carbocycles. The van der Waals surface area contributed by atoms with Gasteiger partial charge in [0.25, 0.3) is 0 Å². The van der Waals surface area contributed by atoms with Crippen molar-refractivity contribution in [3.8, 4) is 5.75 Å². The van der Waals surface area contributed by atoms with Crippen molar-refractivity contribution in [2.24, 2.45) is 0 Å². The molecule has 1 saturated heterocycles. The third kappa shape index (κ3) is 2.71. The fourth-order valence-corrected chi connectivity index (χ4v) is 2.39. The molecule has 3 amide bonds. The molecule has 1 aromatic rings. The van der Waals surface area contributed by atoms with Crippen LogP contribution in [-0.2, 0) is 4.79 Å². The number of hydrogen-bond acceptors (Lipinski definition) is 4. The summed E-state index contributed by atoms with van der Waals surface area (Å²) in [6.45, 7) is 0.434. The van der Waals surface area contributed by atoms with Gasteiger partial charge in [-0.15, -0.1) is 11.8 Å². The smallest absolute Gasteiger partial charge is 0.324 e. The molecular formula is C11H12N2O3S. The summed E-state index contributed by atoms with van der Waals surface area (Å²) in [5.41, 5.74) is 0. The number of nitrogens with one attached hydrogen (secondary N) is 1. The first kappa shape index (κ1) is 11.8. The first-order valence-electron chi connectivity index (χ1n) is 5.17. The lowest BCUT2D eigenvalue weighted by atomic mass is 10.3. The predicted octanol–water partition coefficient (Wildman–Crippen LogP) is 1.04. The number of aromatic hydroxyl groups is 1. The molecule has 5 nitrogen and oxygen atoms in total. The summed E-state index contributed by atoms with van der Waals surface area (Å²) >= 11 is 1.41. The van der Waals surface area contributed by atoms with E-state index in [1.54, 1.807) is 18.2 Å². The molecule has 1 aliphatic heterocycles. The second kappa shape index (κ2) is 5.09. The highest BCUT2D eigenvalue weighted by molar-refractivity contribution is 7.99. The van der Waals surface area contributed by atoms with E-state index >= 15 is 0 Å². The van der Waals surface area contributed by atoms with E-state index in [2.05, 4.69) is 5.32 Å². The summed E-state index contributed by atoms with van der Waals surface area (Å²) in [6.07, 6.45) is 0. The van der Waals surface area contributed by atoms with E-state index in [1.807, 2.05) is 6.07 Å². The van der Waals surface area contributed by atoms with Gasteiger partial charge >= 0.3 is 6.03 Å². The quantitative estimate of drug-likeness (QED) is 0.620. The zero-order valence-corrected chi connectivity index (χ0v) is 9.87. The van der Waals surface area contributed by atoms with E-state index < -0.39 is 0 Å². The van der Waals surface area contributed by atoms with Gasteiger partial charge in [0.2, 0.25) is 5.91 Å². The normalized spacial score (nSPS) is 15.2. The molecule has 1 heterocycles. The van der Waals surface area contributed by atoms with Crippen LogP contribution in [-0.4, -0.2) is 40.8 Å². The van der Waals surface area contributed by atoms with Crippen LogP contribution in [0.15, 0.2) is 29.2 Å². The SMILES string of the molecule is O=C1CNC(=O)N1CCSc1ccccc1O. The van der Waals surface area contributed by atoms with Gasteiger partial charge in [-0.05, 0) is 12.1 Å². The molecule has 2 N–H and O–H groups in total. The average molecular weight is 252 g/mol. The molecule has 0 bridgehead atoms. The Labute approximate surface area is 103 Å². The maximum absolute atomic E-state index is 11.3. The molecule has 1 aliphatic rings. The van der Waals surface area contributed by atoms with Crippen LogP contribution < -0.4 is 5.32 Å². The van der Waals surface area contributed by atoms with Gasteiger partial charge < -0.3 is 10.4 Å². The Morgan fingerprint density at radius 3 is 2.76 bits per heavy atom. The topological polar surface area (TPSA) is 69.6 Å². The fraction of sp³-hybridized carbons (Fsp3) is 0.273. The van der Waals surface area contributed by atoms with E-state index in [0.717, 1.165) is 4.90 Å². The van der Waals surface area contributed by atoms with Crippen LogP contribution in [0.2, 0.25) is 0 Å². The maximum Gasteiger partial charge on any atom is 0.324 e.